The van der Waals surface area contributed by atoms with Gasteiger partial charge in [0.25, 0.3) is 11.1 Å². The summed E-state index contributed by atoms with van der Waals surface area (Å²) in [5.41, 5.74) is 3.24. The van der Waals surface area contributed by atoms with E-state index in [1.807, 2.05) is 24.3 Å². The van der Waals surface area contributed by atoms with Crippen LogP contribution in [0.3, 0.4) is 0 Å². The summed E-state index contributed by atoms with van der Waals surface area (Å²) in [5, 5.41) is 3.27. The molecule has 280 valence electrons. The molecule has 0 aliphatic rings. The number of imidazole rings is 2. The van der Waals surface area contributed by atoms with Crippen molar-refractivity contribution in [3.63, 3.8) is 0 Å². The van der Waals surface area contributed by atoms with E-state index in [1.165, 1.54) is 127 Å². The first-order chi connectivity index (χ1) is 26.1. The second-order valence-electron chi connectivity index (χ2n) is 15.5. The summed E-state index contributed by atoms with van der Waals surface area (Å²) < 4.78 is 16.9. The second-order valence-corrected chi connectivity index (χ2v) is 16.5. The number of unbranched alkanes of at least 4 members (excludes halogenated alkanes) is 18. The lowest BCUT2D eigenvalue weighted by Crippen LogP contribution is -2.12. The summed E-state index contributed by atoms with van der Waals surface area (Å²) >= 11 is 1.28. The highest BCUT2D eigenvalue weighted by atomic mass is 32.1. The second kappa shape index (κ2) is 16.2. The topological polar surface area (TPSA) is 95.0 Å². The van der Waals surface area contributed by atoms with Crippen molar-refractivity contribution in [3.05, 3.63) is 56.5 Å². The number of hydrogen-bond donors (Lipinski definition) is 0. The lowest BCUT2D eigenvalue weighted by molar-refractivity contribution is 0.511. The molecule has 0 aliphatic carbocycles. The van der Waals surface area contributed by atoms with Crippen LogP contribution in [0.5, 0.6) is 0 Å². The number of aromatic nitrogens is 4. The van der Waals surface area contributed by atoms with Gasteiger partial charge in [0.1, 0.15) is 32.0 Å². The van der Waals surface area contributed by atoms with Crippen LogP contribution in [0.1, 0.15) is 154 Å². The van der Waals surface area contributed by atoms with E-state index in [9.17, 15) is 9.59 Å². The largest absolute Gasteiger partial charge is 0.441 e. The Morgan fingerprint density at radius 1 is 0.528 bits per heavy atom. The Balaban J connectivity index is 0.994. The molecule has 0 fully saturated rings. The number of benzene rings is 1. The van der Waals surface area contributed by atoms with Crippen molar-refractivity contribution in [1.29, 1.82) is 0 Å². The van der Waals surface area contributed by atoms with Gasteiger partial charge in [-0.25, -0.2) is 0 Å². The number of furan rings is 2. The van der Waals surface area contributed by atoms with E-state index >= 15 is 0 Å². The molecule has 0 unspecified atom stereocenters. The smallest absolute Gasteiger partial charge is 0.274 e. The summed E-state index contributed by atoms with van der Waals surface area (Å²) in [4.78, 5) is 38.1. The van der Waals surface area contributed by atoms with Gasteiger partial charge in [-0.2, -0.15) is 9.97 Å². The van der Waals surface area contributed by atoms with Gasteiger partial charge in [-0.1, -0.05) is 129 Å². The predicted octanol–water partition coefficient (Wildman–Crippen LogP) is 12.5. The molecule has 7 heterocycles. The molecule has 8 aromatic rings. The van der Waals surface area contributed by atoms with Crippen molar-refractivity contribution in [1.82, 2.24) is 18.8 Å². The number of fused-ring (bicyclic) bond motifs is 8. The van der Waals surface area contributed by atoms with Gasteiger partial charge in [0.15, 0.2) is 11.3 Å². The minimum Gasteiger partial charge on any atom is -0.441 e. The van der Waals surface area contributed by atoms with Crippen molar-refractivity contribution < 1.29 is 8.83 Å². The highest BCUT2D eigenvalue weighted by molar-refractivity contribution is 7.26. The molecule has 0 N–H and O–H groups in total. The van der Waals surface area contributed by atoms with Crippen LogP contribution in [0.4, 0.5) is 0 Å². The van der Waals surface area contributed by atoms with Gasteiger partial charge < -0.3 is 8.83 Å². The molecule has 0 aliphatic heterocycles. The molecular weight excluding hydrogens is 681 g/mol. The van der Waals surface area contributed by atoms with Crippen LogP contribution >= 0.6 is 11.3 Å². The maximum Gasteiger partial charge on any atom is 0.274 e. The van der Waals surface area contributed by atoms with E-state index < -0.39 is 0 Å². The SMILES string of the molecule is CCCCCCCCCCCCc1cc2c(nc3c4ccc5c6c(sc(c(=O)n23)c46)c(=O)n2c3cc(CCCCCCCCCCCC)oc3nc52)o1. The molecule has 0 atom stereocenters. The fraction of sp³-hybridized carbons (Fsp3) is 0.545. The molecule has 0 saturated heterocycles. The van der Waals surface area contributed by atoms with Crippen molar-refractivity contribution in [2.45, 2.75) is 155 Å². The zero-order valence-electron chi connectivity index (χ0n) is 31.7. The first-order valence-electron chi connectivity index (χ1n) is 20.8. The molecule has 0 radical (unpaired) electrons. The lowest BCUT2D eigenvalue weighted by Gasteiger charge is -2.05. The van der Waals surface area contributed by atoms with Crippen molar-refractivity contribution in [3.8, 4) is 0 Å². The highest BCUT2D eigenvalue weighted by Crippen LogP contribution is 2.41. The summed E-state index contributed by atoms with van der Waals surface area (Å²) in [5.74, 6) is 1.75. The Labute approximate surface area is 314 Å². The van der Waals surface area contributed by atoms with E-state index in [2.05, 4.69) is 13.8 Å². The first kappa shape index (κ1) is 36.0. The fourth-order valence-corrected chi connectivity index (χ4v) is 9.78. The normalized spacial score (nSPS) is 12.6. The average molecular weight is 735 g/mol. The molecule has 0 spiro atoms. The standard InChI is InChI=1S/C44H54N4O4S/c1-3-5-7-9-11-13-15-17-19-21-23-29-27-33-41(51-29)45-39-31-25-26-32-36-35(31)37(43(49)47(33)39)53-38(36)44(50)48-34-28-30(52-42(34)46-40(32)48)24-22-20-18-16-14-12-10-8-6-4-2/h25-28H,3-24H2,1-2H3. The van der Waals surface area contributed by atoms with Gasteiger partial charge in [-0.15, -0.1) is 11.3 Å². The Morgan fingerprint density at radius 3 is 1.26 bits per heavy atom. The summed E-state index contributed by atoms with van der Waals surface area (Å²) in [6, 6.07) is 8.01. The molecule has 9 heteroatoms. The van der Waals surface area contributed by atoms with Crippen LogP contribution < -0.4 is 11.1 Å². The number of aryl methyl sites for hydroxylation is 2. The Bertz CT molecular complexity index is 2390. The predicted molar refractivity (Wildman–Crippen MR) is 220 cm³/mol. The Hall–Kier alpha value is -3.98. The molecule has 8 nitrogen and oxygen atoms in total. The van der Waals surface area contributed by atoms with Gasteiger partial charge in [-0.05, 0) is 25.0 Å². The van der Waals surface area contributed by atoms with E-state index in [1.54, 1.807) is 8.80 Å². The molecule has 0 bridgehead atoms. The molecule has 0 saturated carbocycles. The summed E-state index contributed by atoms with van der Waals surface area (Å²) in [7, 11) is 0. The van der Waals surface area contributed by atoms with Crippen LogP contribution in [0.2, 0.25) is 0 Å². The average Bonchev–Trinajstić information content (AvgIpc) is 3.97. The van der Waals surface area contributed by atoms with Crippen LogP contribution in [0.25, 0.3) is 64.7 Å². The van der Waals surface area contributed by atoms with Crippen LogP contribution in [0.15, 0.2) is 42.7 Å². The van der Waals surface area contributed by atoms with E-state index in [0.29, 0.717) is 43.2 Å². The number of rotatable bonds is 22. The summed E-state index contributed by atoms with van der Waals surface area (Å²) in [6.07, 6.45) is 27.4. The van der Waals surface area contributed by atoms with Crippen molar-refractivity contribution >= 4 is 76.0 Å². The number of nitrogens with zero attached hydrogens (tertiary/aromatic N) is 4. The van der Waals surface area contributed by atoms with Crippen LogP contribution in [-0.2, 0) is 12.8 Å². The zero-order chi connectivity index (χ0) is 36.3. The Morgan fingerprint density at radius 2 is 0.887 bits per heavy atom. The maximum absolute atomic E-state index is 14.2. The lowest BCUT2D eigenvalue weighted by atomic mass is 10.0. The minimum absolute atomic E-state index is 0.153. The van der Waals surface area contributed by atoms with Gasteiger partial charge >= 0.3 is 0 Å². The van der Waals surface area contributed by atoms with Gasteiger partial charge in [0.05, 0.1) is 0 Å². The third-order valence-corrected chi connectivity index (χ3v) is 12.7. The molecule has 53 heavy (non-hydrogen) atoms. The Kier molecular flexibility index (Phi) is 11.0. The number of pyridine rings is 2. The van der Waals surface area contributed by atoms with Gasteiger partial charge in [0, 0.05) is 46.5 Å². The maximum atomic E-state index is 14.2. The van der Waals surface area contributed by atoms with Crippen LogP contribution in [-0.4, -0.2) is 18.8 Å². The zero-order valence-corrected chi connectivity index (χ0v) is 32.5. The van der Waals surface area contributed by atoms with Gasteiger partial charge in [-0.3, -0.25) is 18.4 Å². The number of thiophene rings is 1. The highest BCUT2D eigenvalue weighted by Gasteiger charge is 2.26. The molecule has 8 rings (SSSR count). The van der Waals surface area contributed by atoms with Crippen molar-refractivity contribution in [2.24, 2.45) is 0 Å². The van der Waals surface area contributed by atoms with E-state index in [4.69, 9.17) is 18.8 Å². The van der Waals surface area contributed by atoms with Crippen molar-refractivity contribution in [2.75, 3.05) is 0 Å². The quantitative estimate of drug-likeness (QED) is 0.0508. The molecule has 7 aromatic heterocycles. The minimum atomic E-state index is -0.153. The number of hydrogen-bond acceptors (Lipinski definition) is 7. The molecule has 1 aromatic carbocycles. The third-order valence-electron chi connectivity index (χ3n) is 11.5. The fourth-order valence-electron chi connectivity index (χ4n) is 8.59. The monoisotopic (exact) mass is 734 g/mol. The molecule has 0 amide bonds. The van der Waals surface area contributed by atoms with E-state index in [0.717, 1.165) is 58.7 Å². The van der Waals surface area contributed by atoms with Gasteiger partial charge in [0.2, 0.25) is 11.4 Å². The first-order valence-corrected chi connectivity index (χ1v) is 21.6. The van der Waals surface area contributed by atoms with E-state index in [-0.39, 0.29) is 11.1 Å². The van der Waals surface area contributed by atoms with Crippen LogP contribution in [0, 0.1) is 0 Å². The summed E-state index contributed by atoms with van der Waals surface area (Å²) in [6.45, 7) is 4.53. The molecular formula is C44H54N4O4S. The third kappa shape index (κ3) is 6.94.